The summed E-state index contributed by atoms with van der Waals surface area (Å²) in [4.78, 5) is 13.4. The van der Waals surface area contributed by atoms with E-state index in [-0.39, 0.29) is 10.6 Å². The number of hydrogen-bond donors (Lipinski definition) is 1. The second kappa shape index (κ2) is 5.63. The number of piperidine rings is 1. The molecule has 0 bridgehead atoms. The number of anilines is 1. The Morgan fingerprint density at radius 3 is 2.95 bits per heavy atom. The average molecular weight is 293 g/mol. The third-order valence-electron chi connectivity index (χ3n) is 4.63. The zero-order valence-corrected chi connectivity index (χ0v) is 12.7. The Hall–Kier alpha value is -1.63. The Morgan fingerprint density at radius 1 is 1.48 bits per heavy atom. The van der Waals surface area contributed by atoms with Gasteiger partial charge in [-0.05, 0) is 31.7 Å². The molecule has 1 aromatic heterocycles. The SMILES string of the molecule is CCCc1nn(C)c(N2CC3CCCNC3C2)c1[N+](=O)[O-]. The molecule has 0 aromatic carbocycles. The van der Waals surface area contributed by atoms with Gasteiger partial charge in [-0.2, -0.15) is 5.10 Å². The fraction of sp³-hybridized carbons (Fsp3) is 0.786. The fourth-order valence-electron chi connectivity index (χ4n) is 3.72. The Labute approximate surface area is 124 Å². The lowest BCUT2D eigenvalue weighted by atomic mass is 9.94. The second-order valence-electron chi connectivity index (χ2n) is 6.12. The molecule has 0 amide bonds. The minimum atomic E-state index is -0.261. The normalized spacial score (nSPS) is 25.1. The van der Waals surface area contributed by atoms with Crippen molar-refractivity contribution < 1.29 is 4.92 Å². The van der Waals surface area contributed by atoms with Gasteiger partial charge in [-0.15, -0.1) is 0 Å². The molecule has 2 saturated heterocycles. The van der Waals surface area contributed by atoms with Crippen LogP contribution in [0.4, 0.5) is 11.5 Å². The monoisotopic (exact) mass is 293 g/mol. The summed E-state index contributed by atoms with van der Waals surface area (Å²) < 4.78 is 1.69. The highest BCUT2D eigenvalue weighted by atomic mass is 16.6. The predicted molar refractivity (Wildman–Crippen MR) is 80.6 cm³/mol. The minimum absolute atomic E-state index is 0.206. The number of hydrogen-bond acceptors (Lipinski definition) is 5. The number of aromatic nitrogens is 2. The molecule has 1 aromatic rings. The van der Waals surface area contributed by atoms with E-state index in [1.807, 2.05) is 14.0 Å². The van der Waals surface area contributed by atoms with Gasteiger partial charge in [-0.1, -0.05) is 13.3 Å². The molecule has 116 valence electrons. The largest absolute Gasteiger partial charge is 0.349 e. The van der Waals surface area contributed by atoms with Gasteiger partial charge in [-0.3, -0.25) is 10.1 Å². The fourth-order valence-corrected chi connectivity index (χ4v) is 3.72. The summed E-state index contributed by atoms with van der Waals surface area (Å²) in [6.45, 7) is 4.82. The zero-order valence-electron chi connectivity index (χ0n) is 12.7. The third kappa shape index (κ3) is 2.50. The molecule has 2 fully saturated rings. The summed E-state index contributed by atoms with van der Waals surface area (Å²) in [6, 6.07) is 0.461. The Bertz CT molecular complexity index is 528. The summed E-state index contributed by atoms with van der Waals surface area (Å²) in [5.74, 6) is 1.28. The van der Waals surface area contributed by atoms with Crippen molar-refractivity contribution in [2.75, 3.05) is 24.5 Å². The number of aryl methyl sites for hydroxylation is 2. The molecule has 0 aliphatic carbocycles. The average Bonchev–Trinajstić information content (AvgIpc) is 2.99. The summed E-state index contributed by atoms with van der Waals surface area (Å²) >= 11 is 0. The Kier molecular flexibility index (Phi) is 3.84. The topological polar surface area (TPSA) is 76.2 Å². The Morgan fingerprint density at radius 2 is 2.29 bits per heavy atom. The number of nitrogens with one attached hydrogen (secondary N) is 1. The van der Waals surface area contributed by atoms with Crippen LogP contribution in [0.2, 0.25) is 0 Å². The zero-order chi connectivity index (χ0) is 15.0. The number of nitrogens with zero attached hydrogens (tertiary/aromatic N) is 4. The smallest absolute Gasteiger partial charge is 0.334 e. The first-order chi connectivity index (χ1) is 10.1. The van der Waals surface area contributed by atoms with E-state index >= 15 is 0 Å². The lowest BCUT2D eigenvalue weighted by Gasteiger charge is -2.24. The van der Waals surface area contributed by atoms with Crippen molar-refractivity contribution in [3.63, 3.8) is 0 Å². The van der Waals surface area contributed by atoms with Crippen molar-refractivity contribution in [2.45, 2.75) is 38.6 Å². The van der Waals surface area contributed by atoms with Gasteiger partial charge in [0.1, 0.15) is 5.69 Å². The minimum Gasteiger partial charge on any atom is -0.349 e. The van der Waals surface area contributed by atoms with Crippen molar-refractivity contribution in [3.05, 3.63) is 15.8 Å². The highest BCUT2D eigenvalue weighted by molar-refractivity contribution is 5.62. The molecular weight excluding hydrogens is 270 g/mol. The van der Waals surface area contributed by atoms with Crippen LogP contribution in [-0.4, -0.2) is 40.4 Å². The van der Waals surface area contributed by atoms with Crippen molar-refractivity contribution in [3.8, 4) is 0 Å². The van der Waals surface area contributed by atoms with Gasteiger partial charge in [0, 0.05) is 26.2 Å². The number of nitro groups is 1. The maximum Gasteiger partial charge on any atom is 0.334 e. The molecule has 0 spiro atoms. The molecule has 1 N–H and O–H groups in total. The van der Waals surface area contributed by atoms with Crippen molar-refractivity contribution in [2.24, 2.45) is 13.0 Å². The van der Waals surface area contributed by atoms with Crippen LogP contribution in [0.3, 0.4) is 0 Å². The van der Waals surface area contributed by atoms with Crippen LogP contribution in [0, 0.1) is 16.0 Å². The molecule has 2 aliphatic heterocycles. The molecule has 21 heavy (non-hydrogen) atoms. The van der Waals surface area contributed by atoms with Gasteiger partial charge < -0.3 is 10.2 Å². The number of fused-ring (bicyclic) bond motifs is 1. The van der Waals surface area contributed by atoms with Gasteiger partial charge in [0.05, 0.1) is 4.92 Å². The van der Waals surface area contributed by atoms with Gasteiger partial charge >= 0.3 is 5.69 Å². The lowest BCUT2D eigenvalue weighted by Crippen LogP contribution is -2.40. The molecule has 7 heteroatoms. The molecule has 0 radical (unpaired) electrons. The highest BCUT2D eigenvalue weighted by Crippen LogP contribution is 2.36. The first-order valence-electron chi connectivity index (χ1n) is 7.80. The van der Waals surface area contributed by atoms with Crippen LogP contribution in [0.15, 0.2) is 0 Å². The maximum absolute atomic E-state index is 11.5. The first kappa shape index (κ1) is 14.3. The van der Waals surface area contributed by atoms with E-state index in [0.29, 0.717) is 29.9 Å². The van der Waals surface area contributed by atoms with Gasteiger partial charge in [0.2, 0.25) is 5.82 Å². The summed E-state index contributed by atoms with van der Waals surface area (Å²) in [7, 11) is 1.82. The van der Waals surface area contributed by atoms with E-state index in [1.54, 1.807) is 4.68 Å². The first-order valence-corrected chi connectivity index (χ1v) is 7.80. The van der Waals surface area contributed by atoms with E-state index in [0.717, 1.165) is 26.1 Å². The summed E-state index contributed by atoms with van der Waals surface area (Å²) in [6.07, 6.45) is 3.93. The summed E-state index contributed by atoms with van der Waals surface area (Å²) in [5, 5.41) is 19.4. The van der Waals surface area contributed by atoms with E-state index < -0.39 is 0 Å². The molecular formula is C14H23N5O2. The molecule has 0 saturated carbocycles. The van der Waals surface area contributed by atoms with Gasteiger partial charge in [0.15, 0.2) is 0 Å². The van der Waals surface area contributed by atoms with E-state index in [2.05, 4.69) is 15.3 Å². The quantitative estimate of drug-likeness (QED) is 0.672. The molecule has 3 heterocycles. The predicted octanol–water partition coefficient (Wildman–Crippen LogP) is 1.47. The molecule has 2 aliphatic rings. The Balaban J connectivity index is 1.92. The van der Waals surface area contributed by atoms with Gasteiger partial charge in [0.25, 0.3) is 0 Å². The van der Waals surface area contributed by atoms with Crippen LogP contribution in [0.1, 0.15) is 31.9 Å². The van der Waals surface area contributed by atoms with Crippen molar-refractivity contribution in [1.29, 1.82) is 0 Å². The third-order valence-corrected chi connectivity index (χ3v) is 4.63. The molecule has 2 atom stereocenters. The molecule has 2 unspecified atom stereocenters. The van der Waals surface area contributed by atoms with Crippen LogP contribution < -0.4 is 10.2 Å². The van der Waals surface area contributed by atoms with Crippen molar-refractivity contribution >= 4 is 11.5 Å². The standard InChI is InChI=1S/C14H23N5O2/c1-3-5-11-13(19(20)21)14(17(2)16-11)18-8-10-6-4-7-15-12(10)9-18/h10,12,15H,3-9H2,1-2H3. The van der Waals surface area contributed by atoms with Crippen LogP contribution >= 0.6 is 0 Å². The molecule has 3 rings (SSSR count). The van der Waals surface area contributed by atoms with Crippen molar-refractivity contribution in [1.82, 2.24) is 15.1 Å². The van der Waals surface area contributed by atoms with Crippen LogP contribution in [0.5, 0.6) is 0 Å². The molecule has 7 nitrogen and oxygen atoms in total. The lowest BCUT2D eigenvalue weighted by molar-refractivity contribution is -0.384. The van der Waals surface area contributed by atoms with E-state index in [4.69, 9.17) is 0 Å². The van der Waals surface area contributed by atoms with E-state index in [1.165, 1.54) is 12.8 Å². The number of rotatable bonds is 4. The second-order valence-corrected chi connectivity index (χ2v) is 6.12. The van der Waals surface area contributed by atoms with Crippen LogP contribution in [0.25, 0.3) is 0 Å². The van der Waals surface area contributed by atoms with Gasteiger partial charge in [-0.25, -0.2) is 4.68 Å². The van der Waals surface area contributed by atoms with E-state index in [9.17, 15) is 10.1 Å². The van der Waals surface area contributed by atoms with Crippen LogP contribution in [-0.2, 0) is 13.5 Å². The summed E-state index contributed by atoms with van der Waals surface area (Å²) in [5.41, 5.74) is 0.820. The highest BCUT2D eigenvalue weighted by Gasteiger charge is 2.39. The maximum atomic E-state index is 11.5.